The van der Waals surface area contributed by atoms with Gasteiger partial charge in [-0.3, -0.25) is 4.79 Å². The molecule has 1 atom stereocenters. The van der Waals surface area contributed by atoms with Crippen LogP contribution < -0.4 is 10.1 Å². The van der Waals surface area contributed by atoms with E-state index >= 15 is 0 Å². The number of carbonyl (C=O) groups is 1. The lowest BCUT2D eigenvalue weighted by Gasteiger charge is -2.30. The highest BCUT2D eigenvalue weighted by atomic mass is 19.4. The van der Waals surface area contributed by atoms with Crippen LogP contribution in [0.5, 0.6) is 5.75 Å². The number of rotatable bonds is 2. The van der Waals surface area contributed by atoms with Gasteiger partial charge in [0.05, 0.1) is 11.6 Å². The molecule has 1 aromatic carbocycles. The molecule has 0 aromatic heterocycles. The monoisotopic (exact) mass is 344 g/mol. The van der Waals surface area contributed by atoms with E-state index in [1.165, 1.54) is 6.07 Å². The van der Waals surface area contributed by atoms with Gasteiger partial charge in [0.25, 0.3) is 5.91 Å². The number of piperazine rings is 1. The summed E-state index contributed by atoms with van der Waals surface area (Å²) in [6.07, 6.45) is -4.81. The Morgan fingerprint density at radius 3 is 2.54 bits per heavy atom. The summed E-state index contributed by atoms with van der Waals surface area (Å²) in [6.45, 7) is 9.47. The molecule has 2 aliphatic heterocycles. The number of carbonyl (C=O) groups excluding carboxylic acids is 1. The van der Waals surface area contributed by atoms with Crippen LogP contribution >= 0.6 is 0 Å². The molecule has 134 valence electrons. The molecule has 1 N–H and O–H groups in total. The van der Waals surface area contributed by atoms with Crippen LogP contribution in [0.4, 0.5) is 13.2 Å². The molecular formula is C17H23F3N2O2. The Bertz CT molecular complexity index is 615. The molecule has 0 spiro atoms. The van der Waals surface area contributed by atoms with Crippen molar-refractivity contribution in [2.45, 2.75) is 46.0 Å². The van der Waals surface area contributed by atoms with Crippen molar-refractivity contribution in [2.24, 2.45) is 0 Å². The summed E-state index contributed by atoms with van der Waals surface area (Å²) in [5.74, 6) is -0.717. The zero-order valence-corrected chi connectivity index (χ0v) is 14.3. The Balaban J connectivity index is 0.00000100. The van der Waals surface area contributed by atoms with Crippen molar-refractivity contribution >= 4 is 5.91 Å². The Morgan fingerprint density at radius 2 is 1.96 bits per heavy atom. The zero-order chi connectivity index (χ0) is 18.1. The first-order chi connectivity index (χ1) is 11.3. The molecule has 3 rings (SSSR count). The smallest absolute Gasteiger partial charge is 0.405 e. The summed E-state index contributed by atoms with van der Waals surface area (Å²) in [5.41, 5.74) is 1.41. The quantitative estimate of drug-likeness (QED) is 0.886. The second-order valence-corrected chi connectivity index (χ2v) is 5.90. The zero-order valence-electron chi connectivity index (χ0n) is 14.3. The third-order valence-corrected chi connectivity index (χ3v) is 4.12. The first-order valence-electron chi connectivity index (χ1n) is 8.23. The van der Waals surface area contributed by atoms with Crippen molar-refractivity contribution in [3.63, 3.8) is 0 Å². The first-order valence-corrected chi connectivity index (χ1v) is 8.23. The van der Waals surface area contributed by atoms with Crippen molar-refractivity contribution in [3.05, 3.63) is 28.8 Å². The SMILES string of the molecule is CC.CC(C)c1cc(OC(F)(F)F)c2c(c1)C1CNCCN1C2=O. The number of nitrogens with one attached hydrogen (secondary N) is 1. The minimum absolute atomic E-state index is 0.0431. The fraction of sp³-hybridized carbons (Fsp3) is 0.588. The summed E-state index contributed by atoms with van der Waals surface area (Å²) < 4.78 is 42.2. The molecule has 2 aliphatic rings. The van der Waals surface area contributed by atoms with Gasteiger partial charge in [0.1, 0.15) is 5.75 Å². The van der Waals surface area contributed by atoms with Crippen molar-refractivity contribution < 1.29 is 22.7 Å². The summed E-state index contributed by atoms with van der Waals surface area (Å²) in [5, 5.41) is 3.18. The number of benzene rings is 1. The van der Waals surface area contributed by atoms with Crippen LogP contribution in [0.2, 0.25) is 0 Å². The molecule has 1 fully saturated rings. The molecule has 0 aliphatic carbocycles. The third-order valence-electron chi connectivity index (χ3n) is 4.12. The fourth-order valence-electron chi connectivity index (χ4n) is 3.06. The number of hydrogen-bond acceptors (Lipinski definition) is 3. The van der Waals surface area contributed by atoms with Crippen LogP contribution in [0.3, 0.4) is 0 Å². The average Bonchev–Trinajstić information content (AvgIpc) is 2.82. The maximum Gasteiger partial charge on any atom is 0.573 e. The fourth-order valence-corrected chi connectivity index (χ4v) is 3.06. The molecule has 4 nitrogen and oxygen atoms in total. The lowest BCUT2D eigenvalue weighted by Crippen LogP contribution is -2.44. The third kappa shape index (κ3) is 3.50. The largest absolute Gasteiger partial charge is 0.573 e. The number of halogens is 3. The van der Waals surface area contributed by atoms with E-state index in [1.54, 1.807) is 4.90 Å². The van der Waals surface area contributed by atoms with Gasteiger partial charge in [-0.25, -0.2) is 0 Å². The maximum atomic E-state index is 12.7. The highest BCUT2D eigenvalue weighted by Crippen LogP contribution is 2.42. The van der Waals surface area contributed by atoms with E-state index in [4.69, 9.17) is 0 Å². The van der Waals surface area contributed by atoms with Gasteiger partial charge in [0.2, 0.25) is 0 Å². The molecule has 1 aromatic rings. The van der Waals surface area contributed by atoms with Gasteiger partial charge in [-0.15, -0.1) is 13.2 Å². The highest BCUT2D eigenvalue weighted by Gasteiger charge is 2.43. The molecule has 2 heterocycles. The van der Waals surface area contributed by atoms with Gasteiger partial charge in [-0.05, 0) is 23.1 Å². The molecule has 7 heteroatoms. The molecule has 1 amide bonds. The van der Waals surface area contributed by atoms with Crippen molar-refractivity contribution in [2.75, 3.05) is 19.6 Å². The lowest BCUT2D eigenvalue weighted by atomic mass is 9.94. The van der Waals surface area contributed by atoms with Gasteiger partial charge in [-0.1, -0.05) is 33.8 Å². The summed E-state index contributed by atoms with van der Waals surface area (Å²) in [7, 11) is 0. The van der Waals surface area contributed by atoms with Crippen LogP contribution in [0, 0.1) is 0 Å². The van der Waals surface area contributed by atoms with Gasteiger partial charge in [0, 0.05) is 19.6 Å². The predicted octanol–water partition coefficient (Wildman–Crippen LogP) is 3.83. The number of hydrogen-bond donors (Lipinski definition) is 1. The van der Waals surface area contributed by atoms with Crippen LogP contribution in [-0.4, -0.2) is 36.8 Å². The van der Waals surface area contributed by atoms with Gasteiger partial charge < -0.3 is 15.0 Å². The maximum absolute atomic E-state index is 12.7. The number of fused-ring (bicyclic) bond motifs is 3. The minimum Gasteiger partial charge on any atom is -0.405 e. The van der Waals surface area contributed by atoms with Crippen LogP contribution in [0.25, 0.3) is 0 Å². The molecule has 1 unspecified atom stereocenters. The molecule has 0 bridgehead atoms. The van der Waals surface area contributed by atoms with E-state index in [9.17, 15) is 18.0 Å². The molecular weight excluding hydrogens is 321 g/mol. The lowest BCUT2D eigenvalue weighted by molar-refractivity contribution is -0.274. The topological polar surface area (TPSA) is 41.6 Å². The van der Waals surface area contributed by atoms with Crippen molar-refractivity contribution in [1.29, 1.82) is 0 Å². The van der Waals surface area contributed by atoms with E-state index in [-0.39, 0.29) is 29.2 Å². The number of alkyl halides is 3. The Morgan fingerprint density at radius 1 is 1.29 bits per heavy atom. The molecule has 0 radical (unpaired) electrons. The van der Waals surface area contributed by atoms with Crippen LogP contribution in [0.1, 0.15) is 61.1 Å². The number of nitrogens with zero attached hydrogens (tertiary/aromatic N) is 1. The van der Waals surface area contributed by atoms with Gasteiger partial charge in [-0.2, -0.15) is 0 Å². The normalized spacial score (nSPS) is 19.6. The summed E-state index contributed by atoms with van der Waals surface area (Å²) in [6, 6.07) is 2.95. The predicted molar refractivity (Wildman–Crippen MR) is 85.2 cm³/mol. The summed E-state index contributed by atoms with van der Waals surface area (Å²) >= 11 is 0. The second kappa shape index (κ2) is 7.01. The van der Waals surface area contributed by atoms with E-state index in [2.05, 4.69) is 10.1 Å². The Kier molecular flexibility index (Phi) is 5.42. The Hall–Kier alpha value is -1.76. The summed E-state index contributed by atoms with van der Waals surface area (Å²) in [4.78, 5) is 14.1. The van der Waals surface area contributed by atoms with Gasteiger partial charge in [0.15, 0.2) is 0 Å². The van der Waals surface area contributed by atoms with Crippen LogP contribution in [-0.2, 0) is 0 Å². The second-order valence-electron chi connectivity index (χ2n) is 5.90. The highest BCUT2D eigenvalue weighted by molar-refractivity contribution is 6.02. The molecule has 1 saturated heterocycles. The number of ether oxygens (including phenoxy) is 1. The van der Waals surface area contributed by atoms with Crippen molar-refractivity contribution in [1.82, 2.24) is 10.2 Å². The standard InChI is InChI=1S/C15H17F3N2O2.C2H6/c1-8(2)9-5-10-11-7-19-3-4-20(11)14(21)13(10)12(6-9)22-15(16,17)18;1-2/h5-6,8,11,19H,3-4,7H2,1-2H3;1-2H3. The molecule has 24 heavy (non-hydrogen) atoms. The molecule has 0 saturated carbocycles. The van der Waals surface area contributed by atoms with E-state index in [1.807, 2.05) is 33.8 Å². The Labute approximate surface area is 140 Å². The van der Waals surface area contributed by atoms with E-state index in [0.29, 0.717) is 25.2 Å². The van der Waals surface area contributed by atoms with Gasteiger partial charge >= 0.3 is 6.36 Å². The minimum atomic E-state index is -4.81. The van der Waals surface area contributed by atoms with E-state index in [0.717, 1.165) is 5.56 Å². The average molecular weight is 344 g/mol. The number of amides is 1. The van der Waals surface area contributed by atoms with Crippen LogP contribution in [0.15, 0.2) is 12.1 Å². The van der Waals surface area contributed by atoms with Crippen molar-refractivity contribution in [3.8, 4) is 5.75 Å². The first kappa shape index (κ1) is 18.6. The van der Waals surface area contributed by atoms with E-state index < -0.39 is 6.36 Å².